The normalized spacial score (nSPS) is 9.67. The highest BCUT2D eigenvalue weighted by atomic mass is 16.6. The number of rotatable bonds is 4. The predicted molar refractivity (Wildman–Crippen MR) is 337 cm³/mol. The SMILES string of the molecule is C.C.C.Cc1ccc(N)c2ccncc12.Cc1ccc(N)c2ccncc12.Cc1ccc([N+](=O)[O-])c2ccncc12.Cc1ccc([N+](=O)[O-])c2ccncc12.NO.Nc1ccc([N+](=O)[O-])c2ccncc12.O=[N+]([O-])c1cccc2cnccc12.[OH-]. The van der Waals surface area contributed by atoms with E-state index in [4.69, 9.17) is 22.4 Å². The molecule has 10 N–H and O–H groups in total. The number of nitrogens with two attached hydrogens (primary N) is 4. The lowest BCUT2D eigenvalue weighted by Gasteiger charge is -2.03. The molecule has 0 spiro atoms. The number of hydrogen-bond acceptors (Lipinski definition) is 20. The lowest BCUT2D eigenvalue weighted by atomic mass is 10.1. The molecule has 0 atom stereocenters. The van der Waals surface area contributed by atoms with Crippen molar-refractivity contribution in [1.29, 1.82) is 0 Å². The van der Waals surface area contributed by atoms with Crippen LogP contribution >= 0.6 is 0 Å². The van der Waals surface area contributed by atoms with Crippen molar-refractivity contribution in [3.8, 4) is 0 Å². The second kappa shape index (κ2) is 32.8. The van der Waals surface area contributed by atoms with Crippen LogP contribution in [0.25, 0.3) is 64.6 Å². The van der Waals surface area contributed by atoms with E-state index in [1.54, 1.807) is 98.1 Å². The number of fused-ring (bicyclic) bond motifs is 6. The van der Waals surface area contributed by atoms with Crippen molar-refractivity contribution >= 4 is 104 Å². The standard InChI is InChI=1S/2C10H8N2O2.2C10H10N2.C9H7N3O2.C9H6N2O2.3CH4.H3NO.H2O/c2*1-7-2-3-10(12(13)14)8-4-5-11-6-9(7)8;2*1-7-2-3-10(11)8-4-5-12-6-9(7)8;10-8-1-2-9(12(13)14)6-3-4-11-5-7(6)8;12-11(13)9-3-1-2-7-6-10-5-4-8(7)9;;;;1-2;/h2*2-6H,1H3;2*2-6H,11H2,1H3;1-5H,10H2;1-6H;3*1H4;2H,1H2;1H2/p-1. The number of benzene rings is 6. The van der Waals surface area contributed by atoms with Crippen LogP contribution in [0.15, 0.2) is 190 Å². The number of anilines is 3. The highest BCUT2D eigenvalue weighted by Gasteiger charge is 2.15. The van der Waals surface area contributed by atoms with Crippen molar-refractivity contribution in [3.05, 3.63) is 252 Å². The zero-order chi connectivity index (χ0) is 58.8. The molecule has 6 heterocycles. The Hall–Kier alpha value is -11.3. The van der Waals surface area contributed by atoms with E-state index in [9.17, 15) is 40.5 Å². The van der Waals surface area contributed by atoms with Gasteiger partial charge in [0, 0.05) is 159 Å². The van der Waals surface area contributed by atoms with Gasteiger partial charge in [-0.05, 0) is 105 Å². The highest BCUT2D eigenvalue weighted by molar-refractivity contribution is 5.99. The summed E-state index contributed by atoms with van der Waals surface area (Å²) in [6.45, 7) is 7.94. The van der Waals surface area contributed by atoms with Crippen LogP contribution in [-0.4, -0.2) is 60.3 Å². The molecule has 0 aliphatic heterocycles. The third-order valence-electron chi connectivity index (χ3n) is 12.4. The van der Waals surface area contributed by atoms with Crippen molar-refractivity contribution < 1.29 is 30.4 Å². The first-order chi connectivity index (χ1) is 39.0. The quantitative estimate of drug-likeness (QED) is 0.0620. The van der Waals surface area contributed by atoms with Crippen LogP contribution in [0.2, 0.25) is 0 Å². The molecule has 0 fully saturated rings. The molecular formula is C61H65N14O10-. The van der Waals surface area contributed by atoms with Gasteiger partial charge in [0.15, 0.2) is 0 Å². The molecule has 12 aromatic rings. The van der Waals surface area contributed by atoms with E-state index in [0.29, 0.717) is 32.6 Å². The number of nitro benzene ring substituents is 4. The lowest BCUT2D eigenvalue weighted by Crippen LogP contribution is -1.93. The number of pyridine rings is 6. The summed E-state index contributed by atoms with van der Waals surface area (Å²) < 4.78 is 0. The minimum atomic E-state index is -0.429. The lowest BCUT2D eigenvalue weighted by molar-refractivity contribution is -0.383. The molecule has 0 bridgehead atoms. The van der Waals surface area contributed by atoms with Crippen LogP contribution in [0, 0.1) is 68.2 Å². The van der Waals surface area contributed by atoms with Gasteiger partial charge >= 0.3 is 0 Å². The molecular weight excluding hydrogens is 1090 g/mol. The van der Waals surface area contributed by atoms with E-state index >= 15 is 0 Å². The molecule has 85 heavy (non-hydrogen) atoms. The van der Waals surface area contributed by atoms with Crippen molar-refractivity contribution in [2.45, 2.75) is 50.0 Å². The Bertz CT molecular complexity index is 3850. The molecule has 440 valence electrons. The Kier molecular flexibility index (Phi) is 26.9. The number of non-ortho nitro benzene ring substituents is 4. The minimum absolute atomic E-state index is 0. The van der Waals surface area contributed by atoms with Crippen LogP contribution in [0.3, 0.4) is 0 Å². The summed E-state index contributed by atoms with van der Waals surface area (Å²) in [6, 6.07) is 32.7. The molecule has 0 aliphatic carbocycles. The van der Waals surface area contributed by atoms with E-state index in [1.807, 2.05) is 62.6 Å². The van der Waals surface area contributed by atoms with Crippen LogP contribution in [0.5, 0.6) is 0 Å². The molecule has 6 aromatic heterocycles. The van der Waals surface area contributed by atoms with Gasteiger partial charge < -0.3 is 27.9 Å². The van der Waals surface area contributed by atoms with Crippen molar-refractivity contribution in [2.24, 2.45) is 5.90 Å². The second-order valence-electron chi connectivity index (χ2n) is 17.4. The summed E-state index contributed by atoms with van der Waals surface area (Å²) in [4.78, 5) is 64.9. The number of nitro groups is 4. The first-order valence-corrected chi connectivity index (χ1v) is 24.1. The maximum atomic E-state index is 10.7. The molecule has 12 rings (SSSR count). The Morgan fingerprint density at radius 3 is 0.918 bits per heavy atom. The summed E-state index contributed by atoms with van der Waals surface area (Å²) in [5.41, 5.74) is 24.3. The molecule has 24 nitrogen and oxygen atoms in total. The number of hydrogen-bond donors (Lipinski definition) is 5. The van der Waals surface area contributed by atoms with Crippen LogP contribution in [-0.2, 0) is 0 Å². The molecule has 0 saturated carbocycles. The minimum Gasteiger partial charge on any atom is -0.870 e. The Morgan fingerprint density at radius 1 is 0.318 bits per heavy atom. The van der Waals surface area contributed by atoms with Gasteiger partial charge in [-0.15, -0.1) is 0 Å². The van der Waals surface area contributed by atoms with Gasteiger partial charge in [-0.3, -0.25) is 70.4 Å². The van der Waals surface area contributed by atoms with Gasteiger partial charge in [-0.1, -0.05) is 58.7 Å². The fourth-order valence-corrected chi connectivity index (χ4v) is 8.28. The van der Waals surface area contributed by atoms with Gasteiger partial charge in [0.2, 0.25) is 0 Å². The third kappa shape index (κ3) is 17.1. The Labute approximate surface area is 488 Å². The van der Waals surface area contributed by atoms with Crippen molar-refractivity contribution in [1.82, 2.24) is 29.9 Å². The Balaban J connectivity index is 0.000000343. The first-order valence-electron chi connectivity index (χ1n) is 24.1. The van der Waals surface area contributed by atoms with Crippen LogP contribution in [0.1, 0.15) is 44.5 Å². The maximum Gasteiger partial charge on any atom is 0.277 e. The fourth-order valence-electron chi connectivity index (χ4n) is 8.28. The van der Waals surface area contributed by atoms with Gasteiger partial charge in [0.1, 0.15) is 0 Å². The van der Waals surface area contributed by atoms with E-state index in [0.717, 1.165) is 60.2 Å². The monoisotopic (exact) mass is 1150 g/mol. The van der Waals surface area contributed by atoms with Crippen molar-refractivity contribution in [3.63, 3.8) is 0 Å². The second-order valence-corrected chi connectivity index (χ2v) is 17.4. The maximum absolute atomic E-state index is 10.7. The molecule has 6 aromatic carbocycles. The largest absolute Gasteiger partial charge is 0.870 e. The number of aromatic nitrogens is 6. The van der Waals surface area contributed by atoms with E-state index in [1.165, 1.54) is 53.9 Å². The summed E-state index contributed by atoms with van der Waals surface area (Å²) in [5, 5.41) is 59.1. The predicted octanol–water partition coefficient (Wildman–Crippen LogP) is 14.1. The topological polar surface area (TPSA) is 404 Å². The van der Waals surface area contributed by atoms with Gasteiger partial charge in [-0.2, -0.15) is 0 Å². The summed E-state index contributed by atoms with van der Waals surface area (Å²) in [6.07, 6.45) is 19.8. The molecule has 0 saturated heterocycles. The van der Waals surface area contributed by atoms with Crippen molar-refractivity contribution in [2.75, 3.05) is 17.2 Å². The third-order valence-corrected chi connectivity index (χ3v) is 12.4. The van der Waals surface area contributed by atoms with Gasteiger partial charge in [0.25, 0.3) is 22.7 Å². The molecule has 0 amide bonds. The average molecular weight is 1150 g/mol. The van der Waals surface area contributed by atoms with E-state index in [2.05, 4.69) is 49.6 Å². The summed E-state index contributed by atoms with van der Waals surface area (Å²) >= 11 is 0. The summed E-state index contributed by atoms with van der Waals surface area (Å²) in [5.74, 6) is 3.50. The van der Waals surface area contributed by atoms with E-state index < -0.39 is 4.92 Å². The Morgan fingerprint density at radius 2 is 0.565 bits per heavy atom. The fraction of sp³-hybridized carbons (Fsp3) is 0.115. The summed E-state index contributed by atoms with van der Waals surface area (Å²) in [7, 11) is 0. The molecule has 24 heteroatoms. The number of aryl methyl sites for hydroxylation is 4. The molecule has 0 aliphatic rings. The molecule has 0 radical (unpaired) electrons. The zero-order valence-corrected chi connectivity index (χ0v) is 44.3. The number of nitrogen functional groups attached to an aromatic ring is 3. The van der Waals surface area contributed by atoms with Gasteiger partial charge in [-0.25, -0.2) is 5.90 Å². The zero-order valence-electron chi connectivity index (χ0n) is 44.3. The smallest absolute Gasteiger partial charge is 0.277 e. The van der Waals surface area contributed by atoms with Crippen LogP contribution < -0.4 is 23.1 Å². The number of nitrogens with zero attached hydrogens (tertiary/aromatic N) is 10. The molecule has 0 unspecified atom stereocenters. The van der Waals surface area contributed by atoms with Crippen LogP contribution in [0.4, 0.5) is 39.8 Å². The van der Waals surface area contributed by atoms with Gasteiger partial charge in [0.05, 0.1) is 41.2 Å². The highest BCUT2D eigenvalue weighted by Crippen LogP contribution is 2.31. The first kappa shape index (κ1) is 69.8. The van der Waals surface area contributed by atoms with E-state index in [-0.39, 0.29) is 65.3 Å². The average Bonchev–Trinajstić information content (AvgIpc) is 3.70.